The first-order chi connectivity index (χ1) is 10.2. The van der Waals surface area contributed by atoms with Crippen LogP contribution in [0.4, 0.5) is 5.69 Å². The molecule has 0 N–H and O–H groups in total. The number of carbonyl (C=O) groups excluding carboxylic acids is 1. The Morgan fingerprint density at radius 1 is 1.05 bits per heavy atom. The van der Waals surface area contributed by atoms with Gasteiger partial charge in [0.25, 0.3) is 0 Å². The topological polar surface area (TPSA) is 29.5 Å². The number of halogens is 1. The molecule has 21 heavy (non-hydrogen) atoms. The number of benzene rings is 2. The first-order valence-electron chi connectivity index (χ1n) is 7.00. The summed E-state index contributed by atoms with van der Waals surface area (Å²) in [6.07, 6.45) is 1.59. The van der Waals surface area contributed by atoms with Gasteiger partial charge in [0.05, 0.1) is 0 Å². The molecule has 0 radical (unpaired) electrons. The molecule has 3 rings (SSSR count). The van der Waals surface area contributed by atoms with Gasteiger partial charge in [-0.1, -0.05) is 23.7 Å². The Bertz CT molecular complexity index is 622. The van der Waals surface area contributed by atoms with Gasteiger partial charge in [-0.05, 0) is 48.4 Å². The van der Waals surface area contributed by atoms with E-state index in [4.69, 9.17) is 16.3 Å². The van der Waals surface area contributed by atoms with Crippen LogP contribution in [0.1, 0.15) is 18.4 Å². The van der Waals surface area contributed by atoms with Crippen LogP contribution in [0, 0.1) is 0 Å². The van der Waals surface area contributed by atoms with Crippen LogP contribution >= 0.6 is 11.6 Å². The van der Waals surface area contributed by atoms with Crippen molar-refractivity contribution in [2.75, 3.05) is 11.4 Å². The summed E-state index contributed by atoms with van der Waals surface area (Å²) in [7, 11) is 0. The Morgan fingerprint density at radius 2 is 1.76 bits per heavy atom. The van der Waals surface area contributed by atoms with Gasteiger partial charge in [-0.25, -0.2) is 0 Å². The van der Waals surface area contributed by atoms with E-state index in [1.165, 1.54) is 0 Å². The summed E-state index contributed by atoms with van der Waals surface area (Å²) in [6.45, 7) is 1.31. The van der Waals surface area contributed by atoms with Crippen LogP contribution in [-0.4, -0.2) is 12.5 Å². The number of rotatable bonds is 4. The second kappa shape index (κ2) is 6.19. The lowest BCUT2D eigenvalue weighted by molar-refractivity contribution is -0.117. The Labute approximate surface area is 129 Å². The number of hydrogen-bond donors (Lipinski definition) is 0. The van der Waals surface area contributed by atoms with Gasteiger partial charge < -0.3 is 9.64 Å². The molecule has 1 aliphatic heterocycles. The van der Waals surface area contributed by atoms with Crippen molar-refractivity contribution in [1.29, 1.82) is 0 Å². The monoisotopic (exact) mass is 301 g/mol. The average molecular weight is 302 g/mol. The molecule has 0 saturated carbocycles. The largest absolute Gasteiger partial charge is 0.489 e. The Morgan fingerprint density at radius 3 is 2.38 bits per heavy atom. The number of nitrogens with zero attached hydrogens (tertiary/aromatic N) is 1. The highest BCUT2D eigenvalue weighted by Crippen LogP contribution is 2.24. The lowest BCUT2D eigenvalue weighted by atomic mass is 10.2. The molecule has 0 unspecified atom stereocenters. The first-order valence-corrected chi connectivity index (χ1v) is 7.38. The van der Waals surface area contributed by atoms with E-state index in [1.807, 2.05) is 53.4 Å². The molecule has 1 saturated heterocycles. The van der Waals surface area contributed by atoms with Crippen LogP contribution in [0.2, 0.25) is 5.02 Å². The molecular weight excluding hydrogens is 286 g/mol. The van der Waals surface area contributed by atoms with Crippen LogP contribution < -0.4 is 9.64 Å². The summed E-state index contributed by atoms with van der Waals surface area (Å²) in [6, 6.07) is 15.2. The third-order valence-electron chi connectivity index (χ3n) is 3.54. The van der Waals surface area contributed by atoms with Crippen LogP contribution in [0.15, 0.2) is 48.5 Å². The molecule has 0 aliphatic carbocycles. The third-order valence-corrected chi connectivity index (χ3v) is 3.79. The summed E-state index contributed by atoms with van der Waals surface area (Å²) in [4.78, 5) is 13.5. The van der Waals surface area contributed by atoms with Crippen molar-refractivity contribution >= 4 is 23.2 Å². The molecule has 0 spiro atoms. The van der Waals surface area contributed by atoms with Crippen LogP contribution in [-0.2, 0) is 11.4 Å². The van der Waals surface area contributed by atoms with E-state index in [1.54, 1.807) is 0 Å². The highest BCUT2D eigenvalue weighted by atomic mass is 35.5. The summed E-state index contributed by atoms with van der Waals surface area (Å²) >= 11 is 5.85. The van der Waals surface area contributed by atoms with Gasteiger partial charge in [0, 0.05) is 23.7 Å². The second-order valence-corrected chi connectivity index (χ2v) is 5.49. The summed E-state index contributed by atoms with van der Waals surface area (Å²) in [5.74, 6) is 0.991. The van der Waals surface area contributed by atoms with Crippen molar-refractivity contribution in [3.63, 3.8) is 0 Å². The molecule has 4 heteroatoms. The molecule has 0 atom stereocenters. The molecule has 1 heterocycles. The minimum Gasteiger partial charge on any atom is -0.489 e. The van der Waals surface area contributed by atoms with Crippen molar-refractivity contribution in [2.24, 2.45) is 0 Å². The molecule has 1 fully saturated rings. The normalized spacial score (nSPS) is 14.5. The summed E-state index contributed by atoms with van der Waals surface area (Å²) < 4.78 is 5.73. The average Bonchev–Trinajstić information content (AvgIpc) is 2.93. The standard InChI is InChI=1S/C17H16ClNO2/c18-14-5-3-13(4-6-14)12-21-16-9-7-15(8-10-16)19-11-1-2-17(19)20/h3-10H,1-2,11-12H2. The van der Waals surface area contributed by atoms with Crippen molar-refractivity contribution in [2.45, 2.75) is 19.4 Å². The van der Waals surface area contributed by atoms with Gasteiger partial charge in [-0.15, -0.1) is 0 Å². The van der Waals surface area contributed by atoms with E-state index < -0.39 is 0 Å². The zero-order chi connectivity index (χ0) is 14.7. The molecule has 2 aromatic carbocycles. The quantitative estimate of drug-likeness (QED) is 0.853. The van der Waals surface area contributed by atoms with Gasteiger partial charge in [0.2, 0.25) is 5.91 Å². The molecule has 1 aliphatic rings. The van der Waals surface area contributed by atoms with E-state index in [0.29, 0.717) is 13.0 Å². The van der Waals surface area contributed by atoms with Gasteiger partial charge in [-0.3, -0.25) is 4.79 Å². The van der Waals surface area contributed by atoms with Crippen molar-refractivity contribution in [3.8, 4) is 5.75 Å². The minimum atomic E-state index is 0.199. The number of carbonyl (C=O) groups is 1. The Balaban J connectivity index is 1.62. The number of ether oxygens (including phenoxy) is 1. The first kappa shape index (κ1) is 14.0. The summed E-state index contributed by atoms with van der Waals surface area (Å²) in [5, 5.41) is 0.721. The van der Waals surface area contributed by atoms with Crippen LogP contribution in [0.25, 0.3) is 0 Å². The maximum atomic E-state index is 11.7. The molecule has 0 bridgehead atoms. The third kappa shape index (κ3) is 3.37. The molecular formula is C17H16ClNO2. The van der Waals surface area contributed by atoms with Crippen LogP contribution in [0.3, 0.4) is 0 Å². The van der Waals surface area contributed by atoms with Crippen molar-refractivity contribution in [1.82, 2.24) is 0 Å². The highest BCUT2D eigenvalue weighted by Gasteiger charge is 2.21. The zero-order valence-corrected chi connectivity index (χ0v) is 12.3. The Kier molecular flexibility index (Phi) is 4.11. The van der Waals surface area contributed by atoms with Crippen molar-refractivity contribution < 1.29 is 9.53 Å². The molecule has 3 nitrogen and oxygen atoms in total. The van der Waals surface area contributed by atoms with E-state index >= 15 is 0 Å². The smallest absolute Gasteiger partial charge is 0.227 e. The zero-order valence-electron chi connectivity index (χ0n) is 11.6. The maximum Gasteiger partial charge on any atom is 0.227 e. The molecule has 108 valence electrons. The molecule has 0 aromatic heterocycles. The number of hydrogen-bond acceptors (Lipinski definition) is 2. The van der Waals surface area contributed by atoms with E-state index in [2.05, 4.69) is 0 Å². The minimum absolute atomic E-state index is 0.199. The summed E-state index contributed by atoms with van der Waals surface area (Å²) in [5.41, 5.74) is 2.01. The predicted octanol–water partition coefficient (Wildman–Crippen LogP) is 4.05. The van der Waals surface area contributed by atoms with Crippen LogP contribution in [0.5, 0.6) is 5.75 Å². The number of amides is 1. The van der Waals surface area contributed by atoms with Gasteiger partial charge in [0.15, 0.2) is 0 Å². The van der Waals surface area contributed by atoms with E-state index in [0.717, 1.165) is 35.0 Å². The second-order valence-electron chi connectivity index (χ2n) is 5.06. The van der Waals surface area contributed by atoms with E-state index in [-0.39, 0.29) is 5.91 Å². The number of anilines is 1. The predicted molar refractivity (Wildman–Crippen MR) is 83.8 cm³/mol. The van der Waals surface area contributed by atoms with Gasteiger partial charge in [0.1, 0.15) is 12.4 Å². The fourth-order valence-corrected chi connectivity index (χ4v) is 2.52. The molecule has 1 amide bonds. The van der Waals surface area contributed by atoms with Gasteiger partial charge >= 0.3 is 0 Å². The maximum absolute atomic E-state index is 11.7. The van der Waals surface area contributed by atoms with Gasteiger partial charge in [-0.2, -0.15) is 0 Å². The lowest BCUT2D eigenvalue weighted by Gasteiger charge is -2.16. The molecule has 2 aromatic rings. The SMILES string of the molecule is O=C1CCCN1c1ccc(OCc2ccc(Cl)cc2)cc1. The Hall–Kier alpha value is -2.00. The lowest BCUT2D eigenvalue weighted by Crippen LogP contribution is -2.23. The highest BCUT2D eigenvalue weighted by molar-refractivity contribution is 6.30. The van der Waals surface area contributed by atoms with E-state index in [9.17, 15) is 4.79 Å². The fourth-order valence-electron chi connectivity index (χ4n) is 2.39. The fraction of sp³-hybridized carbons (Fsp3) is 0.235. The van der Waals surface area contributed by atoms with Crippen molar-refractivity contribution in [3.05, 3.63) is 59.1 Å².